The summed E-state index contributed by atoms with van der Waals surface area (Å²) >= 11 is 0. The van der Waals surface area contributed by atoms with Crippen molar-refractivity contribution in [1.82, 2.24) is 10.2 Å². The number of benzene rings is 3. The highest BCUT2D eigenvalue weighted by Crippen LogP contribution is 2.46. The number of amides is 3. The zero-order chi connectivity index (χ0) is 24.4. The van der Waals surface area contributed by atoms with Gasteiger partial charge in [0.15, 0.2) is 0 Å². The van der Waals surface area contributed by atoms with E-state index in [1.54, 1.807) is 0 Å². The predicted molar refractivity (Wildman–Crippen MR) is 131 cm³/mol. The lowest BCUT2D eigenvalue weighted by molar-refractivity contribution is -0.130. The Morgan fingerprint density at radius 1 is 0.914 bits per heavy atom. The van der Waals surface area contributed by atoms with E-state index in [1.807, 2.05) is 78.9 Å². The highest BCUT2D eigenvalue weighted by atomic mass is 16.6. The Morgan fingerprint density at radius 2 is 1.51 bits per heavy atom. The Labute approximate surface area is 203 Å². The molecule has 1 heterocycles. The van der Waals surface area contributed by atoms with Crippen LogP contribution in [0.5, 0.6) is 0 Å². The quantitative estimate of drug-likeness (QED) is 0.576. The minimum atomic E-state index is -0.949. The van der Waals surface area contributed by atoms with Gasteiger partial charge in [0.05, 0.1) is 0 Å². The molecule has 1 aliphatic heterocycles. The maximum atomic E-state index is 13.4. The van der Waals surface area contributed by atoms with E-state index in [1.165, 1.54) is 4.90 Å². The number of carbonyl (C=O) groups is 3. The second-order valence-corrected chi connectivity index (χ2v) is 8.93. The summed E-state index contributed by atoms with van der Waals surface area (Å²) in [6.45, 7) is 0.548. The SMILES string of the molecule is NC(=O)[C@@H](NC(=O)[C@H]1CCCN1C(=O)OCc1ccccc1)C1c2ccccc2-c2ccccc21. The summed E-state index contributed by atoms with van der Waals surface area (Å²) in [6, 6.07) is 23.4. The topological polar surface area (TPSA) is 102 Å². The Kier molecular flexibility index (Phi) is 6.23. The summed E-state index contributed by atoms with van der Waals surface area (Å²) in [4.78, 5) is 40.2. The molecule has 3 amide bonds. The number of carbonyl (C=O) groups excluding carboxylic acids is 3. The maximum absolute atomic E-state index is 13.4. The molecule has 3 N–H and O–H groups in total. The zero-order valence-corrected chi connectivity index (χ0v) is 19.2. The van der Waals surface area contributed by atoms with Gasteiger partial charge in [0, 0.05) is 12.5 Å². The van der Waals surface area contributed by atoms with Crippen molar-refractivity contribution in [2.45, 2.75) is 37.5 Å². The van der Waals surface area contributed by atoms with Gasteiger partial charge in [0.1, 0.15) is 18.7 Å². The lowest BCUT2D eigenvalue weighted by Crippen LogP contribution is -2.54. The van der Waals surface area contributed by atoms with Crippen LogP contribution in [0.4, 0.5) is 4.79 Å². The van der Waals surface area contributed by atoms with E-state index in [2.05, 4.69) is 5.32 Å². The van der Waals surface area contributed by atoms with Crippen LogP contribution in [0, 0.1) is 0 Å². The average molecular weight is 470 g/mol. The van der Waals surface area contributed by atoms with Gasteiger partial charge in [0.2, 0.25) is 11.8 Å². The molecule has 0 aromatic heterocycles. The number of ether oxygens (including phenoxy) is 1. The number of hydrogen-bond donors (Lipinski definition) is 2. The second kappa shape index (κ2) is 9.62. The number of likely N-dealkylation sites (tertiary alicyclic amines) is 1. The first-order valence-electron chi connectivity index (χ1n) is 11.8. The molecule has 0 spiro atoms. The average Bonchev–Trinajstić information content (AvgIpc) is 3.50. The van der Waals surface area contributed by atoms with Crippen LogP contribution in [0.1, 0.15) is 35.4 Å². The van der Waals surface area contributed by atoms with E-state index in [4.69, 9.17) is 10.5 Å². The number of primary amides is 1. The highest BCUT2D eigenvalue weighted by molar-refractivity contribution is 5.93. The molecule has 2 aliphatic rings. The third-order valence-corrected chi connectivity index (χ3v) is 6.81. The number of rotatable bonds is 6. The Bertz CT molecular complexity index is 1210. The minimum absolute atomic E-state index is 0.129. The van der Waals surface area contributed by atoms with Gasteiger partial charge in [-0.15, -0.1) is 0 Å². The molecule has 7 heteroatoms. The molecular weight excluding hydrogens is 442 g/mol. The van der Waals surface area contributed by atoms with Gasteiger partial charge in [-0.25, -0.2) is 4.79 Å². The van der Waals surface area contributed by atoms with Crippen molar-refractivity contribution < 1.29 is 19.1 Å². The molecule has 2 atom stereocenters. The zero-order valence-electron chi connectivity index (χ0n) is 19.2. The molecule has 0 saturated carbocycles. The summed E-state index contributed by atoms with van der Waals surface area (Å²) in [7, 11) is 0. The molecule has 3 aromatic rings. The number of fused-ring (bicyclic) bond motifs is 3. The molecule has 0 radical (unpaired) electrons. The normalized spacial score (nSPS) is 17.4. The van der Waals surface area contributed by atoms with Crippen molar-refractivity contribution in [3.05, 3.63) is 95.6 Å². The van der Waals surface area contributed by atoms with Crippen LogP contribution in [-0.2, 0) is 20.9 Å². The van der Waals surface area contributed by atoms with Crippen LogP contribution in [-0.4, -0.2) is 41.4 Å². The van der Waals surface area contributed by atoms with E-state index >= 15 is 0 Å². The van der Waals surface area contributed by atoms with Gasteiger partial charge < -0.3 is 15.8 Å². The molecule has 0 unspecified atom stereocenters. The lowest BCUT2D eigenvalue weighted by atomic mass is 9.88. The van der Waals surface area contributed by atoms with Crippen LogP contribution in [0.2, 0.25) is 0 Å². The van der Waals surface area contributed by atoms with Crippen LogP contribution in [0.15, 0.2) is 78.9 Å². The fourth-order valence-electron chi connectivity index (χ4n) is 5.18. The van der Waals surface area contributed by atoms with E-state index in [-0.39, 0.29) is 6.61 Å². The van der Waals surface area contributed by atoms with E-state index < -0.39 is 35.9 Å². The largest absolute Gasteiger partial charge is 0.445 e. The third-order valence-electron chi connectivity index (χ3n) is 6.81. The van der Waals surface area contributed by atoms with E-state index in [0.717, 1.165) is 27.8 Å². The molecule has 1 saturated heterocycles. The summed E-state index contributed by atoms with van der Waals surface area (Å²) < 4.78 is 5.45. The number of hydrogen-bond acceptors (Lipinski definition) is 4. The van der Waals surface area contributed by atoms with Crippen LogP contribution >= 0.6 is 0 Å². The smallest absolute Gasteiger partial charge is 0.410 e. The van der Waals surface area contributed by atoms with Crippen LogP contribution in [0.25, 0.3) is 11.1 Å². The van der Waals surface area contributed by atoms with Crippen molar-refractivity contribution in [2.24, 2.45) is 5.73 Å². The highest BCUT2D eigenvalue weighted by Gasteiger charge is 2.41. The molecule has 3 aromatic carbocycles. The number of nitrogens with one attached hydrogen (secondary N) is 1. The van der Waals surface area contributed by atoms with Crippen molar-refractivity contribution >= 4 is 17.9 Å². The lowest BCUT2D eigenvalue weighted by Gasteiger charge is -2.28. The van der Waals surface area contributed by atoms with Crippen LogP contribution < -0.4 is 11.1 Å². The van der Waals surface area contributed by atoms with Gasteiger partial charge >= 0.3 is 6.09 Å². The van der Waals surface area contributed by atoms with Gasteiger partial charge in [-0.1, -0.05) is 78.9 Å². The Morgan fingerprint density at radius 3 is 2.14 bits per heavy atom. The van der Waals surface area contributed by atoms with Gasteiger partial charge in [0.25, 0.3) is 0 Å². The maximum Gasteiger partial charge on any atom is 0.410 e. The Balaban J connectivity index is 1.34. The van der Waals surface area contributed by atoms with Crippen LogP contribution in [0.3, 0.4) is 0 Å². The summed E-state index contributed by atoms with van der Waals surface area (Å²) in [5.41, 5.74) is 10.6. The van der Waals surface area contributed by atoms with Crippen molar-refractivity contribution in [2.75, 3.05) is 6.54 Å². The molecule has 1 aliphatic carbocycles. The number of nitrogens with two attached hydrogens (primary N) is 1. The molecule has 1 fully saturated rings. The van der Waals surface area contributed by atoms with Gasteiger partial charge in [-0.3, -0.25) is 14.5 Å². The van der Waals surface area contributed by atoms with E-state index in [0.29, 0.717) is 19.4 Å². The fourth-order valence-corrected chi connectivity index (χ4v) is 5.18. The van der Waals surface area contributed by atoms with Gasteiger partial charge in [-0.2, -0.15) is 0 Å². The predicted octanol–water partition coefficient (Wildman–Crippen LogP) is 3.57. The molecule has 7 nitrogen and oxygen atoms in total. The summed E-state index contributed by atoms with van der Waals surface area (Å²) in [5.74, 6) is -1.42. The standard InChI is InChI=1S/C28H27N3O4/c29-26(32)25(24-21-13-6-4-11-19(21)20-12-5-7-14-22(20)24)30-27(33)23-15-8-16-31(23)28(34)35-17-18-9-2-1-3-10-18/h1-7,9-14,23-25H,8,15-17H2,(H2,29,32)(H,30,33)/t23-,25+/m1/s1. The van der Waals surface area contributed by atoms with Crippen molar-refractivity contribution in [1.29, 1.82) is 0 Å². The first-order valence-corrected chi connectivity index (χ1v) is 11.8. The number of nitrogens with zero attached hydrogens (tertiary/aromatic N) is 1. The molecular formula is C28H27N3O4. The van der Waals surface area contributed by atoms with Gasteiger partial charge in [-0.05, 0) is 40.7 Å². The summed E-state index contributed by atoms with van der Waals surface area (Å²) in [5, 5.41) is 2.88. The fraction of sp³-hybridized carbons (Fsp3) is 0.250. The molecule has 35 heavy (non-hydrogen) atoms. The molecule has 5 rings (SSSR count). The minimum Gasteiger partial charge on any atom is -0.445 e. The van der Waals surface area contributed by atoms with Crippen molar-refractivity contribution in [3.8, 4) is 11.1 Å². The Hall–Kier alpha value is -4.13. The summed E-state index contributed by atoms with van der Waals surface area (Å²) in [6.07, 6.45) is 0.628. The molecule has 178 valence electrons. The monoisotopic (exact) mass is 469 g/mol. The van der Waals surface area contributed by atoms with E-state index in [9.17, 15) is 14.4 Å². The second-order valence-electron chi connectivity index (χ2n) is 8.93. The van der Waals surface area contributed by atoms with Crippen molar-refractivity contribution in [3.63, 3.8) is 0 Å². The first kappa shape index (κ1) is 22.7. The first-order chi connectivity index (χ1) is 17.0. The molecule has 0 bridgehead atoms. The third kappa shape index (κ3) is 4.37.